The third-order valence-corrected chi connectivity index (χ3v) is 4.06. The quantitative estimate of drug-likeness (QED) is 0.774. The Morgan fingerprint density at radius 3 is 2.56 bits per heavy atom. The van der Waals surface area contributed by atoms with Gasteiger partial charge in [-0.15, -0.1) is 0 Å². The van der Waals surface area contributed by atoms with Gasteiger partial charge >= 0.3 is 0 Å². The number of carbonyl (C=O) groups excluding carboxylic acids is 2. The molecule has 2 aromatic carbocycles. The highest BCUT2D eigenvalue weighted by molar-refractivity contribution is 5.96. The largest absolute Gasteiger partial charge is 0.495 e. The molecule has 2 rings (SSSR count). The van der Waals surface area contributed by atoms with Gasteiger partial charge in [-0.3, -0.25) is 9.59 Å². The van der Waals surface area contributed by atoms with Crippen molar-refractivity contribution in [1.82, 2.24) is 4.90 Å². The number of benzene rings is 2. The molecule has 1 N–H and O–H groups in total. The number of nitrogens with one attached hydrogen (secondary N) is 1. The highest BCUT2D eigenvalue weighted by Gasteiger charge is 2.23. The molecule has 2 amide bonds. The van der Waals surface area contributed by atoms with Crippen LogP contribution < -0.4 is 14.8 Å². The molecule has 0 aliphatic heterocycles. The Balaban J connectivity index is 1.98. The van der Waals surface area contributed by atoms with E-state index in [0.29, 0.717) is 23.7 Å². The number of nitrogens with zero attached hydrogens (tertiary/aromatic N) is 1. The Hall–Kier alpha value is -3.02. The molecule has 6 nitrogen and oxygen atoms in total. The van der Waals surface area contributed by atoms with Gasteiger partial charge in [-0.1, -0.05) is 24.3 Å². The standard InChI is InChI=1S/C21H26N2O4/c1-5-23(14-20(24)22-18-11-6-7-12-19(18)26-4)21(25)16(3)27-17-10-8-9-15(2)13-17/h6-13,16H,5,14H2,1-4H3,(H,22,24). The van der Waals surface area contributed by atoms with Gasteiger partial charge in [-0.05, 0) is 50.6 Å². The molecule has 1 unspecified atom stereocenters. The minimum Gasteiger partial charge on any atom is -0.495 e. The first-order valence-corrected chi connectivity index (χ1v) is 8.89. The normalized spacial score (nSPS) is 11.4. The number of ether oxygens (including phenoxy) is 2. The Labute approximate surface area is 160 Å². The summed E-state index contributed by atoms with van der Waals surface area (Å²) in [5.41, 5.74) is 1.62. The van der Waals surface area contributed by atoms with Crippen LogP contribution in [0.5, 0.6) is 11.5 Å². The summed E-state index contributed by atoms with van der Waals surface area (Å²) in [5, 5.41) is 2.78. The third kappa shape index (κ3) is 5.74. The van der Waals surface area contributed by atoms with Gasteiger partial charge in [-0.2, -0.15) is 0 Å². The number of anilines is 1. The molecule has 27 heavy (non-hydrogen) atoms. The van der Waals surface area contributed by atoms with Gasteiger partial charge in [0, 0.05) is 6.54 Å². The van der Waals surface area contributed by atoms with Crippen molar-refractivity contribution in [2.24, 2.45) is 0 Å². The van der Waals surface area contributed by atoms with Crippen molar-refractivity contribution in [3.63, 3.8) is 0 Å². The molecular formula is C21H26N2O4. The van der Waals surface area contributed by atoms with Crippen molar-refractivity contribution in [2.75, 3.05) is 25.5 Å². The topological polar surface area (TPSA) is 67.9 Å². The minimum absolute atomic E-state index is 0.0606. The lowest BCUT2D eigenvalue weighted by molar-refractivity contribution is -0.140. The van der Waals surface area contributed by atoms with Crippen LogP contribution in [0.3, 0.4) is 0 Å². The molecule has 0 heterocycles. The van der Waals surface area contributed by atoms with E-state index < -0.39 is 6.10 Å². The minimum atomic E-state index is -0.689. The third-order valence-electron chi connectivity index (χ3n) is 4.06. The summed E-state index contributed by atoms with van der Waals surface area (Å²) in [6.45, 7) is 5.81. The van der Waals surface area contributed by atoms with Gasteiger partial charge in [0.1, 0.15) is 11.5 Å². The van der Waals surface area contributed by atoms with E-state index in [0.717, 1.165) is 5.56 Å². The maximum atomic E-state index is 12.7. The number of methoxy groups -OCH3 is 1. The fraction of sp³-hybridized carbons (Fsp3) is 0.333. The number of amides is 2. The van der Waals surface area contributed by atoms with E-state index >= 15 is 0 Å². The van der Waals surface area contributed by atoms with E-state index in [4.69, 9.17) is 9.47 Å². The van der Waals surface area contributed by atoms with Crippen molar-refractivity contribution in [3.8, 4) is 11.5 Å². The second kappa shape index (κ2) is 9.62. The summed E-state index contributed by atoms with van der Waals surface area (Å²) in [5.74, 6) is 0.661. The van der Waals surface area contributed by atoms with Crippen LogP contribution in [-0.4, -0.2) is 43.0 Å². The van der Waals surface area contributed by atoms with Crippen molar-refractivity contribution in [2.45, 2.75) is 26.9 Å². The van der Waals surface area contributed by atoms with Gasteiger partial charge in [0.15, 0.2) is 6.10 Å². The summed E-state index contributed by atoms with van der Waals surface area (Å²) < 4.78 is 11.0. The maximum absolute atomic E-state index is 12.7. The highest BCUT2D eigenvalue weighted by atomic mass is 16.5. The zero-order valence-electron chi connectivity index (χ0n) is 16.2. The number of likely N-dealkylation sites (N-methyl/N-ethyl adjacent to an activating group) is 1. The zero-order valence-corrected chi connectivity index (χ0v) is 16.2. The van der Waals surface area contributed by atoms with Gasteiger partial charge in [0.05, 0.1) is 19.3 Å². The number of carbonyl (C=O) groups is 2. The number of aryl methyl sites for hydroxylation is 1. The summed E-state index contributed by atoms with van der Waals surface area (Å²) in [7, 11) is 1.54. The van der Waals surface area contributed by atoms with Gasteiger partial charge in [0.25, 0.3) is 5.91 Å². The first kappa shape index (κ1) is 20.3. The van der Waals surface area contributed by atoms with E-state index in [2.05, 4.69) is 5.32 Å². The van der Waals surface area contributed by atoms with Gasteiger partial charge < -0.3 is 19.7 Å². The highest BCUT2D eigenvalue weighted by Crippen LogP contribution is 2.23. The molecule has 0 fully saturated rings. The Morgan fingerprint density at radius 1 is 1.15 bits per heavy atom. The summed E-state index contributed by atoms with van der Waals surface area (Å²) in [6, 6.07) is 14.6. The fourth-order valence-electron chi connectivity index (χ4n) is 2.66. The Bertz CT molecular complexity index is 791. The number of rotatable bonds is 8. The molecule has 0 spiro atoms. The molecule has 0 bridgehead atoms. The first-order chi connectivity index (χ1) is 12.9. The lowest BCUT2D eigenvalue weighted by Gasteiger charge is -2.24. The number of hydrogen-bond acceptors (Lipinski definition) is 4. The Morgan fingerprint density at radius 2 is 1.89 bits per heavy atom. The average Bonchev–Trinajstić information content (AvgIpc) is 2.66. The SMILES string of the molecule is CCN(CC(=O)Nc1ccccc1OC)C(=O)C(C)Oc1cccc(C)c1. The fourth-order valence-corrected chi connectivity index (χ4v) is 2.66. The molecule has 144 valence electrons. The van der Waals surface area contributed by atoms with E-state index in [-0.39, 0.29) is 18.4 Å². The molecule has 0 aliphatic carbocycles. The van der Waals surface area contributed by atoms with E-state index in [9.17, 15) is 9.59 Å². The van der Waals surface area contributed by atoms with Crippen LogP contribution in [-0.2, 0) is 9.59 Å². The number of hydrogen-bond donors (Lipinski definition) is 1. The molecular weight excluding hydrogens is 344 g/mol. The second-order valence-corrected chi connectivity index (χ2v) is 6.18. The summed E-state index contributed by atoms with van der Waals surface area (Å²) in [4.78, 5) is 26.5. The molecule has 2 aromatic rings. The van der Waals surface area contributed by atoms with Crippen molar-refractivity contribution in [3.05, 3.63) is 54.1 Å². The van der Waals surface area contributed by atoms with Gasteiger partial charge in [-0.25, -0.2) is 0 Å². The molecule has 0 saturated carbocycles. The van der Waals surface area contributed by atoms with Crippen LogP contribution >= 0.6 is 0 Å². The van der Waals surface area contributed by atoms with Gasteiger partial charge in [0.2, 0.25) is 5.91 Å². The molecule has 0 aromatic heterocycles. The van der Waals surface area contributed by atoms with E-state index in [1.165, 1.54) is 12.0 Å². The van der Waals surface area contributed by atoms with Crippen LogP contribution in [0.1, 0.15) is 19.4 Å². The van der Waals surface area contributed by atoms with E-state index in [1.54, 1.807) is 31.2 Å². The van der Waals surface area contributed by atoms with Crippen LogP contribution in [0, 0.1) is 6.92 Å². The summed E-state index contributed by atoms with van der Waals surface area (Å²) in [6.07, 6.45) is -0.689. The molecule has 6 heteroatoms. The molecule has 1 atom stereocenters. The Kier molecular flexibility index (Phi) is 7.23. The molecule has 0 saturated heterocycles. The van der Waals surface area contributed by atoms with Crippen LogP contribution in [0.15, 0.2) is 48.5 Å². The van der Waals surface area contributed by atoms with Crippen LogP contribution in [0.4, 0.5) is 5.69 Å². The lowest BCUT2D eigenvalue weighted by atomic mass is 10.2. The van der Waals surface area contributed by atoms with Crippen LogP contribution in [0.2, 0.25) is 0 Å². The maximum Gasteiger partial charge on any atom is 0.263 e. The van der Waals surface area contributed by atoms with E-state index in [1.807, 2.05) is 38.1 Å². The average molecular weight is 370 g/mol. The zero-order chi connectivity index (χ0) is 19.8. The van der Waals surface area contributed by atoms with Crippen molar-refractivity contribution >= 4 is 17.5 Å². The lowest BCUT2D eigenvalue weighted by Crippen LogP contribution is -2.44. The van der Waals surface area contributed by atoms with Crippen LogP contribution in [0.25, 0.3) is 0 Å². The predicted molar refractivity (Wildman–Crippen MR) is 105 cm³/mol. The monoisotopic (exact) mass is 370 g/mol. The second-order valence-electron chi connectivity index (χ2n) is 6.18. The first-order valence-electron chi connectivity index (χ1n) is 8.89. The summed E-state index contributed by atoms with van der Waals surface area (Å²) >= 11 is 0. The van der Waals surface area contributed by atoms with Crippen molar-refractivity contribution in [1.29, 1.82) is 0 Å². The smallest absolute Gasteiger partial charge is 0.263 e. The predicted octanol–water partition coefficient (Wildman–Crippen LogP) is 3.26. The number of para-hydroxylation sites is 2. The molecule has 0 radical (unpaired) electrons. The molecule has 0 aliphatic rings. The van der Waals surface area contributed by atoms with Crippen molar-refractivity contribution < 1.29 is 19.1 Å².